The van der Waals surface area contributed by atoms with E-state index in [4.69, 9.17) is 5.11 Å². The Morgan fingerprint density at radius 3 is 2.93 bits per heavy atom. The molecule has 14 heavy (non-hydrogen) atoms. The van der Waals surface area contributed by atoms with Crippen LogP contribution in [0.3, 0.4) is 0 Å². The van der Waals surface area contributed by atoms with Gasteiger partial charge >= 0.3 is 0 Å². The highest BCUT2D eigenvalue weighted by molar-refractivity contribution is 14.1. The van der Waals surface area contributed by atoms with Gasteiger partial charge in [-0.05, 0) is 44.6 Å². The van der Waals surface area contributed by atoms with E-state index < -0.39 is 0 Å². The summed E-state index contributed by atoms with van der Waals surface area (Å²) in [6.07, 6.45) is 1.62. The van der Waals surface area contributed by atoms with Gasteiger partial charge in [0.2, 0.25) is 5.88 Å². The van der Waals surface area contributed by atoms with Crippen LogP contribution in [0.2, 0.25) is 0 Å². The Balaban J connectivity index is 3.02. The fraction of sp³-hybridized carbons (Fsp3) is 0. The van der Waals surface area contributed by atoms with Gasteiger partial charge in [0.25, 0.3) is 5.56 Å². The molecule has 0 bridgehead atoms. The van der Waals surface area contributed by atoms with Crippen molar-refractivity contribution in [1.29, 1.82) is 0 Å². The third kappa shape index (κ3) is 1.63. The van der Waals surface area contributed by atoms with E-state index in [0.717, 1.165) is 14.1 Å². The van der Waals surface area contributed by atoms with Crippen molar-refractivity contribution in [3.05, 3.63) is 36.7 Å². The molecular weight excluding hydrogens is 363 g/mol. The molecule has 0 atom stereocenters. The lowest BCUT2D eigenvalue weighted by Crippen LogP contribution is -2.13. The van der Waals surface area contributed by atoms with Crippen LogP contribution < -0.4 is 5.56 Å². The lowest BCUT2D eigenvalue weighted by Gasteiger charge is -2.02. The summed E-state index contributed by atoms with van der Waals surface area (Å²) < 4.78 is 2.97. The monoisotopic (exact) mass is 366 g/mol. The number of fused-ring (bicyclic) bond motifs is 1. The van der Waals surface area contributed by atoms with Gasteiger partial charge in [0.15, 0.2) is 5.65 Å². The average molecular weight is 367 g/mol. The summed E-state index contributed by atoms with van der Waals surface area (Å²) in [7, 11) is 0. The summed E-state index contributed by atoms with van der Waals surface area (Å²) in [6.45, 7) is 0. The van der Waals surface area contributed by atoms with Crippen molar-refractivity contribution in [2.45, 2.75) is 0 Å². The van der Waals surface area contributed by atoms with Crippen molar-refractivity contribution in [2.24, 2.45) is 0 Å². The normalized spacial score (nSPS) is 10.7. The molecule has 0 aliphatic carbocycles. The number of pyridine rings is 1. The molecule has 0 saturated carbocycles. The zero-order chi connectivity index (χ0) is 10.3. The summed E-state index contributed by atoms with van der Waals surface area (Å²) in [4.78, 5) is 15.3. The molecule has 0 unspecified atom stereocenters. The zero-order valence-corrected chi connectivity index (χ0v) is 10.5. The van der Waals surface area contributed by atoms with Gasteiger partial charge in [0.05, 0.1) is 9.64 Å². The molecule has 0 aliphatic heterocycles. The molecule has 4 nitrogen and oxygen atoms in total. The second kappa shape index (κ2) is 3.50. The van der Waals surface area contributed by atoms with Crippen molar-refractivity contribution < 1.29 is 5.11 Å². The van der Waals surface area contributed by atoms with E-state index in [1.807, 2.05) is 6.07 Å². The Kier molecular flexibility index (Phi) is 2.48. The quantitative estimate of drug-likeness (QED) is 0.723. The predicted octanol–water partition coefficient (Wildman–Crippen LogP) is 1.77. The number of nitrogens with zero attached hydrogens (tertiary/aromatic N) is 2. The molecular formula is C8H4BrIN2O2. The van der Waals surface area contributed by atoms with Crippen LogP contribution in [0.25, 0.3) is 5.65 Å². The van der Waals surface area contributed by atoms with E-state index in [9.17, 15) is 4.79 Å². The first-order valence-corrected chi connectivity index (χ1v) is 5.52. The second-order valence-electron chi connectivity index (χ2n) is 2.65. The molecule has 2 heterocycles. The van der Waals surface area contributed by atoms with Crippen molar-refractivity contribution in [2.75, 3.05) is 0 Å². The van der Waals surface area contributed by atoms with Crippen LogP contribution in [-0.4, -0.2) is 14.5 Å². The highest BCUT2D eigenvalue weighted by Gasteiger charge is 2.05. The Labute approximate surface area is 101 Å². The van der Waals surface area contributed by atoms with Crippen LogP contribution in [0.1, 0.15) is 0 Å². The van der Waals surface area contributed by atoms with E-state index in [-0.39, 0.29) is 11.4 Å². The maximum atomic E-state index is 11.4. The molecule has 0 spiro atoms. The van der Waals surface area contributed by atoms with Gasteiger partial charge in [-0.2, -0.15) is 4.98 Å². The zero-order valence-electron chi connectivity index (χ0n) is 6.74. The van der Waals surface area contributed by atoms with Gasteiger partial charge in [-0.15, -0.1) is 0 Å². The van der Waals surface area contributed by atoms with Crippen molar-refractivity contribution in [3.8, 4) is 5.88 Å². The third-order valence-electron chi connectivity index (χ3n) is 1.67. The van der Waals surface area contributed by atoms with Gasteiger partial charge in [-0.25, -0.2) is 0 Å². The Hall–Kier alpha value is -0.630. The fourth-order valence-electron chi connectivity index (χ4n) is 1.12. The van der Waals surface area contributed by atoms with Gasteiger partial charge in [0.1, 0.15) is 0 Å². The molecule has 72 valence electrons. The molecule has 2 aromatic heterocycles. The number of aromatic nitrogens is 2. The molecule has 0 amide bonds. The Bertz CT molecular complexity index is 567. The number of rotatable bonds is 0. The van der Waals surface area contributed by atoms with E-state index in [1.54, 1.807) is 6.20 Å². The SMILES string of the molecule is O=c1cc(O)nc2c(I)cc(Br)cn12. The Morgan fingerprint density at radius 2 is 2.21 bits per heavy atom. The second-order valence-corrected chi connectivity index (χ2v) is 4.73. The average Bonchev–Trinajstić information content (AvgIpc) is 2.07. The summed E-state index contributed by atoms with van der Waals surface area (Å²) in [6, 6.07) is 2.90. The van der Waals surface area contributed by atoms with Crippen LogP contribution >= 0.6 is 38.5 Å². The minimum absolute atomic E-state index is 0.254. The minimum Gasteiger partial charge on any atom is -0.493 e. The first-order valence-electron chi connectivity index (χ1n) is 3.65. The molecule has 2 rings (SSSR count). The van der Waals surface area contributed by atoms with E-state index >= 15 is 0 Å². The number of hydrogen-bond donors (Lipinski definition) is 1. The highest BCUT2D eigenvalue weighted by Crippen LogP contribution is 2.18. The van der Waals surface area contributed by atoms with Gasteiger partial charge in [-0.1, -0.05) is 0 Å². The fourth-order valence-corrected chi connectivity index (χ4v) is 2.70. The van der Waals surface area contributed by atoms with E-state index in [1.165, 1.54) is 4.40 Å². The molecule has 0 fully saturated rings. The smallest absolute Gasteiger partial charge is 0.261 e. The molecule has 0 aromatic carbocycles. The maximum absolute atomic E-state index is 11.4. The lowest BCUT2D eigenvalue weighted by molar-refractivity contribution is 0.452. The van der Waals surface area contributed by atoms with Crippen LogP contribution in [-0.2, 0) is 0 Å². The van der Waals surface area contributed by atoms with Crippen molar-refractivity contribution in [3.63, 3.8) is 0 Å². The summed E-state index contributed by atoms with van der Waals surface area (Å²) in [5.41, 5.74) is 0.158. The van der Waals surface area contributed by atoms with Gasteiger partial charge in [-0.3, -0.25) is 9.20 Å². The predicted molar refractivity (Wildman–Crippen MR) is 63.5 cm³/mol. The van der Waals surface area contributed by atoms with Crippen molar-refractivity contribution >= 4 is 44.2 Å². The standard InChI is InChI=1S/C8H4BrIN2O2/c9-4-1-5(10)8-11-6(13)2-7(14)12(8)3-4/h1-3,13H. The van der Waals surface area contributed by atoms with Gasteiger partial charge < -0.3 is 5.11 Å². The summed E-state index contributed by atoms with van der Waals surface area (Å²) in [5.74, 6) is -0.254. The first-order chi connectivity index (χ1) is 6.58. The minimum atomic E-state index is -0.299. The summed E-state index contributed by atoms with van der Waals surface area (Å²) >= 11 is 5.33. The van der Waals surface area contributed by atoms with Crippen LogP contribution in [0.15, 0.2) is 27.6 Å². The first kappa shape index (κ1) is 9.91. The third-order valence-corrected chi connectivity index (χ3v) is 2.90. The number of hydrogen-bond acceptors (Lipinski definition) is 3. The lowest BCUT2D eigenvalue weighted by atomic mass is 10.4. The molecule has 0 radical (unpaired) electrons. The van der Waals surface area contributed by atoms with E-state index in [0.29, 0.717) is 5.65 Å². The van der Waals surface area contributed by atoms with Crippen LogP contribution in [0.4, 0.5) is 0 Å². The van der Waals surface area contributed by atoms with Crippen LogP contribution in [0, 0.1) is 3.57 Å². The van der Waals surface area contributed by atoms with Crippen molar-refractivity contribution in [1.82, 2.24) is 9.38 Å². The van der Waals surface area contributed by atoms with E-state index in [2.05, 4.69) is 43.5 Å². The maximum Gasteiger partial charge on any atom is 0.261 e. The molecule has 0 saturated heterocycles. The van der Waals surface area contributed by atoms with Crippen LogP contribution in [0.5, 0.6) is 5.88 Å². The van der Waals surface area contributed by atoms with Gasteiger partial charge in [0, 0.05) is 10.7 Å². The Morgan fingerprint density at radius 1 is 1.50 bits per heavy atom. The topological polar surface area (TPSA) is 54.6 Å². The number of halogens is 2. The number of aromatic hydroxyl groups is 1. The molecule has 1 N–H and O–H groups in total. The molecule has 0 aliphatic rings. The summed E-state index contributed by atoms with van der Waals surface area (Å²) in [5, 5.41) is 9.17. The molecule has 6 heteroatoms. The largest absolute Gasteiger partial charge is 0.493 e. The molecule has 2 aromatic rings. The highest BCUT2D eigenvalue weighted by atomic mass is 127.